The predicted molar refractivity (Wildman–Crippen MR) is 66.2 cm³/mol. The van der Waals surface area contributed by atoms with Crippen molar-refractivity contribution in [1.29, 1.82) is 0 Å². The van der Waals surface area contributed by atoms with Crippen molar-refractivity contribution in [3.8, 4) is 0 Å². The Morgan fingerprint density at radius 3 is 2.24 bits per heavy atom. The van der Waals surface area contributed by atoms with E-state index in [2.05, 4.69) is 21.7 Å². The molecule has 17 heavy (non-hydrogen) atoms. The first kappa shape index (κ1) is 12.8. The van der Waals surface area contributed by atoms with Gasteiger partial charge in [-0.15, -0.1) is 0 Å². The van der Waals surface area contributed by atoms with E-state index in [1.165, 1.54) is 0 Å². The minimum atomic E-state index is -0.645. The Morgan fingerprint density at radius 2 is 1.71 bits per heavy atom. The van der Waals surface area contributed by atoms with Crippen LogP contribution in [0.1, 0.15) is 12.8 Å². The number of carbonyl (C=O) groups is 1. The average Bonchev–Trinajstić information content (AvgIpc) is 2.29. The molecule has 0 radical (unpaired) electrons. The SMILES string of the molecule is CN1CCN(C2(C(=O)O)CCCN(C)C2)CC1. The van der Waals surface area contributed by atoms with Gasteiger partial charge in [0, 0.05) is 32.7 Å². The van der Waals surface area contributed by atoms with Gasteiger partial charge < -0.3 is 14.9 Å². The number of aliphatic carboxylic acids is 1. The first-order valence-electron chi connectivity index (χ1n) is 6.40. The first-order chi connectivity index (χ1) is 8.04. The highest BCUT2D eigenvalue weighted by Gasteiger charge is 2.47. The summed E-state index contributed by atoms with van der Waals surface area (Å²) in [6, 6.07) is 0. The number of likely N-dealkylation sites (N-methyl/N-ethyl adjacent to an activating group) is 2. The topological polar surface area (TPSA) is 47.0 Å². The van der Waals surface area contributed by atoms with Crippen LogP contribution in [-0.4, -0.2) is 84.7 Å². The van der Waals surface area contributed by atoms with Gasteiger partial charge >= 0.3 is 5.97 Å². The van der Waals surface area contributed by atoms with Crippen LogP contribution in [0.15, 0.2) is 0 Å². The van der Waals surface area contributed by atoms with Gasteiger partial charge in [-0.1, -0.05) is 0 Å². The molecule has 2 aliphatic heterocycles. The molecule has 0 aromatic carbocycles. The van der Waals surface area contributed by atoms with Gasteiger partial charge in [0.1, 0.15) is 5.54 Å². The summed E-state index contributed by atoms with van der Waals surface area (Å²) in [4.78, 5) is 18.3. The van der Waals surface area contributed by atoms with Crippen molar-refractivity contribution in [1.82, 2.24) is 14.7 Å². The van der Waals surface area contributed by atoms with E-state index < -0.39 is 11.5 Å². The van der Waals surface area contributed by atoms with Crippen LogP contribution in [0.3, 0.4) is 0 Å². The zero-order valence-corrected chi connectivity index (χ0v) is 10.9. The van der Waals surface area contributed by atoms with Crippen LogP contribution < -0.4 is 0 Å². The first-order valence-corrected chi connectivity index (χ1v) is 6.40. The maximum Gasteiger partial charge on any atom is 0.325 e. The monoisotopic (exact) mass is 241 g/mol. The highest BCUT2D eigenvalue weighted by atomic mass is 16.4. The molecular weight excluding hydrogens is 218 g/mol. The van der Waals surface area contributed by atoms with Crippen molar-refractivity contribution in [2.75, 3.05) is 53.4 Å². The molecule has 5 nitrogen and oxygen atoms in total. The highest BCUT2D eigenvalue weighted by molar-refractivity contribution is 5.79. The van der Waals surface area contributed by atoms with Crippen molar-refractivity contribution < 1.29 is 9.90 Å². The molecular formula is C12H23N3O2. The molecule has 1 atom stereocenters. The van der Waals surface area contributed by atoms with Crippen LogP contribution in [-0.2, 0) is 4.79 Å². The summed E-state index contributed by atoms with van der Waals surface area (Å²) in [5, 5.41) is 9.64. The van der Waals surface area contributed by atoms with Gasteiger partial charge in [0.2, 0.25) is 0 Å². The predicted octanol–water partition coefficient (Wildman–Crippen LogP) is -0.217. The van der Waals surface area contributed by atoms with Crippen LogP contribution in [0.2, 0.25) is 0 Å². The number of hydrogen-bond acceptors (Lipinski definition) is 4. The molecule has 2 saturated heterocycles. The quantitative estimate of drug-likeness (QED) is 0.724. The number of carboxylic acid groups (broad SMARTS) is 1. The molecule has 2 aliphatic rings. The Kier molecular flexibility index (Phi) is 3.70. The van der Waals surface area contributed by atoms with E-state index in [0.717, 1.165) is 45.6 Å². The lowest BCUT2D eigenvalue weighted by molar-refractivity contribution is -0.157. The van der Waals surface area contributed by atoms with Gasteiger partial charge in [-0.2, -0.15) is 0 Å². The summed E-state index contributed by atoms with van der Waals surface area (Å²) >= 11 is 0. The van der Waals surface area contributed by atoms with Gasteiger partial charge in [-0.05, 0) is 33.5 Å². The number of nitrogens with zero attached hydrogens (tertiary/aromatic N) is 3. The summed E-state index contributed by atoms with van der Waals surface area (Å²) in [5.41, 5.74) is -0.645. The minimum Gasteiger partial charge on any atom is -0.480 e. The van der Waals surface area contributed by atoms with Crippen LogP contribution >= 0.6 is 0 Å². The van der Waals surface area contributed by atoms with Crippen LogP contribution in [0, 0.1) is 0 Å². The summed E-state index contributed by atoms with van der Waals surface area (Å²) in [7, 11) is 4.12. The molecule has 1 N–H and O–H groups in total. The molecule has 0 aromatic rings. The second-order valence-electron chi connectivity index (χ2n) is 5.47. The lowest BCUT2D eigenvalue weighted by Gasteiger charge is -2.48. The van der Waals surface area contributed by atoms with Crippen LogP contribution in [0.25, 0.3) is 0 Å². The summed E-state index contributed by atoms with van der Waals surface area (Å²) in [5.74, 6) is -0.645. The second-order valence-corrected chi connectivity index (χ2v) is 5.47. The van der Waals surface area contributed by atoms with Gasteiger partial charge in [-0.25, -0.2) is 0 Å². The number of piperidine rings is 1. The number of likely N-dealkylation sites (tertiary alicyclic amines) is 1. The Hall–Kier alpha value is -0.650. The Balaban J connectivity index is 2.13. The molecule has 0 saturated carbocycles. The molecule has 0 amide bonds. The van der Waals surface area contributed by atoms with Crippen molar-refractivity contribution in [2.45, 2.75) is 18.4 Å². The fourth-order valence-electron chi connectivity index (χ4n) is 3.05. The fraction of sp³-hybridized carbons (Fsp3) is 0.917. The molecule has 98 valence electrons. The Bertz CT molecular complexity index is 289. The summed E-state index contributed by atoms with van der Waals surface area (Å²) in [6.07, 6.45) is 1.77. The highest BCUT2D eigenvalue weighted by Crippen LogP contribution is 2.28. The van der Waals surface area contributed by atoms with E-state index >= 15 is 0 Å². The molecule has 0 aromatic heterocycles. The number of rotatable bonds is 2. The Labute approximate surface area is 103 Å². The molecule has 5 heteroatoms. The van der Waals surface area contributed by atoms with E-state index in [1.54, 1.807) is 0 Å². The standard InChI is InChI=1S/C12H23N3O2/c1-13-6-8-15(9-7-13)12(11(16)17)4-3-5-14(2)10-12/h3-10H2,1-2H3,(H,16,17). The normalized spacial score (nSPS) is 33.8. The average molecular weight is 241 g/mol. The number of piperazine rings is 1. The second kappa shape index (κ2) is 4.92. The lowest BCUT2D eigenvalue weighted by atomic mass is 9.86. The van der Waals surface area contributed by atoms with Crippen molar-refractivity contribution in [3.05, 3.63) is 0 Å². The zero-order valence-electron chi connectivity index (χ0n) is 10.9. The van der Waals surface area contributed by atoms with Gasteiger partial charge in [0.05, 0.1) is 0 Å². The third kappa shape index (κ3) is 2.46. The van der Waals surface area contributed by atoms with Crippen molar-refractivity contribution in [3.63, 3.8) is 0 Å². The smallest absolute Gasteiger partial charge is 0.325 e. The van der Waals surface area contributed by atoms with Crippen molar-refractivity contribution in [2.24, 2.45) is 0 Å². The lowest BCUT2D eigenvalue weighted by Crippen LogP contribution is -2.66. The molecule has 0 spiro atoms. The molecule has 2 heterocycles. The van der Waals surface area contributed by atoms with Gasteiger partial charge in [0.25, 0.3) is 0 Å². The molecule has 1 unspecified atom stereocenters. The third-order valence-electron chi connectivity index (χ3n) is 4.17. The van der Waals surface area contributed by atoms with E-state index in [0.29, 0.717) is 6.54 Å². The fourth-order valence-corrected chi connectivity index (χ4v) is 3.05. The molecule has 2 rings (SSSR count). The molecule has 0 bridgehead atoms. The maximum atomic E-state index is 11.7. The zero-order chi connectivity index (χ0) is 12.5. The summed E-state index contributed by atoms with van der Waals surface area (Å²) < 4.78 is 0. The van der Waals surface area contributed by atoms with E-state index in [9.17, 15) is 9.90 Å². The largest absolute Gasteiger partial charge is 0.480 e. The van der Waals surface area contributed by atoms with Gasteiger partial charge in [-0.3, -0.25) is 9.69 Å². The van der Waals surface area contributed by atoms with Crippen LogP contribution in [0.5, 0.6) is 0 Å². The maximum absolute atomic E-state index is 11.7. The molecule has 2 fully saturated rings. The Morgan fingerprint density at radius 1 is 1.06 bits per heavy atom. The van der Waals surface area contributed by atoms with E-state index in [-0.39, 0.29) is 0 Å². The number of hydrogen-bond donors (Lipinski definition) is 1. The minimum absolute atomic E-state index is 0.645. The summed E-state index contributed by atoms with van der Waals surface area (Å²) in [6.45, 7) is 5.36. The molecule has 0 aliphatic carbocycles. The number of carboxylic acids is 1. The third-order valence-corrected chi connectivity index (χ3v) is 4.17. The van der Waals surface area contributed by atoms with Crippen molar-refractivity contribution >= 4 is 5.97 Å². The van der Waals surface area contributed by atoms with Crippen LogP contribution in [0.4, 0.5) is 0 Å². The van der Waals surface area contributed by atoms with E-state index in [1.807, 2.05) is 7.05 Å². The van der Waals surface area contributed by atoms with Gasteiger partial charge in [0.15, 0.2) is 0 Å². The van der Waals surface area contributed by atoms with E-state index in [4.69, 9.17) is 0 Å².